The maximum Gasteiger partial charge on any atom is 0.280 e. The molecule has 4 N–H and O–H groups in total. The molecule has 10 rings (SSSR count). The minimum absolute atomic E-state index is 0.0152. The van der Waals surface area contributed by atoms with Crippen molar-refractivity contribution in [3.63, 3.8) is 0 Å². The van der Waals surface area contributed by atoms with Gasteiger partial charge in [-0.15, -0.1) is 0 Å². The fraction of sp³-hybridized carbons (Fsp3) is 0.373. The van der Waals surface area contributed by atoms with Crippen LogP contribution in [0.1, 0.15) is 59.4 Å². The predicted octanol–water partition coefficient (Wildman–Crippen LogP) is 5.27. The average molecular weight is 953 g/mol. The van der Waals surface area contributed by atoms with Crippen LogP contribution in [0, 0.1) is 17.2 Å². The van der Waals surface area contributed by atoms with E-state index >= 15 is 0 Å². The van der Waals surface area contributed by atoms with Gasteiger partial charge < -0.3 is 35.2 Å². The molecular formula is C51H53FN10O8. The van der Waals surface area contributed by atoms with Crippen LogP contribution >= 0.6 is 0 Å². The lowest BCUT2D eigenvalue weighted by Gasteiger charge is -2.39. The number of carbonyl (C=O) groups excluding carboxylic acids is 6. The summed E-state index contributed by atoms with van der Waals surface area (Å²) in [6.45, 7) is 8.10. The second-order valence-electron chi connectivity index (χ2n) is 18.5. The number of nitrogens with zero attached hydrogens (tertiary/aromatic N) is 6. The van der Waals surface area contributed by atoms with Crippen LogP contribution < -0.4 is 35.6 Å². The lowest BCUT2D eigenvalue weighted by Crippen LogP contribution is -2.54. The number of amides is 6. The average Bonchev–Trinajstić information content (AvgIpc) is 4.15. The number of imide groups is 2. The predicted molar refractivity (Wildman–Crippen MR) is 257 cm³/mol. The summed E-state index contributed by atoms with van der Waals surface area (Å²) >= 11 is 0. The van der Waals surface area contributed by atoms with E-state index in [0.29, 0.717) is 53.9 Å². The van der Waals surface area contributed by atoms with E-state index in [1.54, 1.807) is 49.7 Å². The zero-order chi connectivity index (χ0) is 48.5. The highest BCUT2D eigenvalue weighted by atomic mass is 19.1. The number of halogens is 1. The SMILES string of the molecule is COc1cc2c(Oc3ccc(NC(=O)C4(C(=O)Nc5ccc(F)cc5)CC4)cc3)ccnc2cc1N1CCC(CN2CCN(CCNc3cnc4c(c3)C(=O)N(C3CCC(=O)NC3=O)C4=O)CC2)CC1. The molecule has 2 aromatic heterocycles. The van der Waals surface area contributed by atoms with Gasteiger partial charge in [0.15, 0.2) is 0 Å². The first-order valence-electron chi connectivity index (χ1n) is 23.7. The van der Waals surface area contributed by atoms with E-state index in [0.717, 1.165) is 92.4 Å². The number of fused-ring (bicyclic) bond motifs is 2. The lowest BCUT2D eigenvalue weighted by molar-refractivity contribution is -0.136. The summed E-state index contributed by atoms with van der Waals surface area (Å²) in [5.41, 5.74) is 2.33. The molecule has 4 aliphatic heterocycles. The van der Waals surface area contributed by atoms with E-state index in [2.05, 4.69) is 52.0 Å². The van der Waals surface area contributed by atoms with E-state index in [4.69, 9.17) is 9.47 Å². The summed E-state index contributed by atoms with van der Waals surface area (Å²) in [6, 6.07) is 18.8. The highest BCUT2D eigenvalue weighted by Gasteiger charge is 2.56. The zero-order valence-electron chi connectivity index (χ0n) is 38.7. The molecule has 0 bridgehead atoms. The molecular weight excluding hydrogens is 900 g/mol. The van der Waals surface area contributed by atoms with Crippen molar-refractivity contribution in [1.29, 1.82) is 0 Å². The number of aromatic nitrogens is 2. The Bertz CT molecular complexity index is 2860. The second-order valence-corrected chi connectivity index (χ2v) is 18.5. The summed E-state index contributed by atoms with van der Waals surface area (Å²) < 4.78 is 25.6. The Balaban J connectivity index is 0.672. The molecule has 18 nitrogen and oxygen atoms in total. The van der Waals surface area contributed by atoms with Crippen LogP contribution in [0.3, 0.4) is 0 Å². The Hall–Kier alpha value is -7.51. The lowest BCUT2D eigenvalue weighted by atomic mass is 9.95. The van der Waals surface area contributed by atoms with Crippen molar-refractivity contribution < 1.29 is 42.6 Å². The summed E-state index contributed by atoms with van der Waals surface area (Å²) in [7, 11) is 1.67. The van der Waals surface area contributed by atoms with Gasteiger partial charge in [-0.2, -0.15) is 0 Å². The number of piperidine rings is 2. The highest BCUT2D eigenvalue weighted by molar-refractivity contribution is 6.23. The summed E-state index contributed by atoms with van der Waals surface area (Å²) in [5, 5.41) is 11.9. The molecule has 4 fully saturated rings. The first-order valence-corrected chi connectivity index (χ1v) is 23.7. The number of rotatable bonds is 15. The van der Waals surface area contributed by atoms with Gasteiger partial charge in [0.1, 0.15) is 40.2 Å². The maximum absolute atomic E-state index is 13.3. The van der Waals surface area contributed by atoms with Gasteiger partial charge in [0.25, 0.3) is 11.8 Å². The minimum Gasteiger partial charge on any atom is -0.495 e. The van der Waals surface area contributed by atoms with E-state index < -0.39 is 52.7 Å². The van der Waals surface area contributed by atoms with Gasteiger partial charge in [-0.05, 0) is 111 Å². The third-order valence-electron chi connectivity index (χ3n) is 14.0. The fourth-order valence-corrected chi connectivity index (χ4v) is 9.80. The van der Waals surface area contributed by atoms with Crippen molar-refractivity contribution in [3.05, 3.63) is 102 Å². The number of nitrogens with one attached hydrogen (secondary N) is 4. The van der Waals surface area contributed by atoms with Crippen LogP contribution in [0.15, 0.2) is 85.2 Å². The van der Waals surface area contributed by atoms with Crippen molar-refractivity contribution in [3.8, 4) is 17.2 Å². The van der Waals surface area contributed by atoms with E-state index in [9.17, 15) is 33.2 Å². The zero-order valence-corrected chi connectivity index (χ0v) is 38.7. The molecule has 1 aliphatic carbocycles. The topological polar surface area (TPSA) is 208 Å². The van der Waals surface area contributed by atoms with E-state index in [-0.39, 0.29) is 24.1 Å². The third-order valence-corrected chi connectivity index (χ3v) is 14.0. The molecule has 3 saturated heterocycles. The Morgan fingerprint density at radius 2 is 1.47 bits per heavy atom. The van der Waals surface area contributed by atoms with Gasteiger partial charge in [-0.1, -0.05) is 0 Å². The maximum atomic E-state index is 13.3. The Morgan fingerprint density at radius 3 is 2.14 bits per heavy atom. The van der Waals surface area contributed by atoms with Gasteiger partial charge in [-0.25, -0.2) is 9.37 Å². The van der Waals surface area contributed by atoms with Crippen LogP contribution in [0.25, 0.3) is 10.9 Å². The normalized spacial score (nSPS) is 19.4. The van der Waals surface area contributed by atoms with Crippen molar-refractivity contribution in [2.24, 2.45) is 11.3 Å². The van der Waals surface area contributed by atoms with Crippen molar-refractivity contribution in [2.75, 3.05) is 86.9 Å². The van der Waals surface area contributed by atoms with Crippen molar-refractivity contribution in [2.45, 2.75) is 44.6 Å². The molecule has 1 atom stereocenters. The van der Waals surface area contributed by atoms with Crippen molar-refractivity contribution in [1.82, 2.24) is 30.0 Å². The molecule has 19 heteroatoms. The monoisotopic (exact) mass is 952 g/mol. The molecule has 1 unspecified atom stereocenters. The molecule has 6 amide bonds. The number of hydrogen-bond acceptors (Lipinski definition) is 14. The Labute approximate surface area is 402 Å². The van der Waals surface area contributed by atoms with E-state index in [1.807, 2.05) is 6.07 Å². The van der Waals surface area contributed by atoms with E-state index in [1.165, 1.54) is 30.5 Å². The third kappa shape index (κ3) is 9.58. The summed E-state index contributed by atoms with van der Waals surface area (Å²) in [6.07, 6.45) is 6.35. The smallest absolute Gasteiger partial charge is 0.280 e. The van der Waals surface area contributed by atoms with Crippen molar-refractivity contribution >= 4 is 69.1 Å². The summed E-state index contributed by atoms with van der Waals surface area (Å²) in [4.78, 5) is 93.7. The number of pyridine rings is 2. The highest BCUT2D eigenvalue weighted by Crippen LogP contribution is 2.48. The van der Waals surface area contributed by atoms with Crippen LogP contribution in [0.2, 0.25) is 0 Å². The molecule has 5 aromatic rings. The first kappa shape index (κ1) is 46.2. The number of anilines is 4. The number of carbonyl (C=O) groups is 6. The van der Waals surface area contributed by atoms with Gasteiger partial charge in [0.2, 0.25) is 23.6 Å². The molecule has 3 aromatic carbocycles. The van der Waals surface area contributed by atoms with Crippen LogP contribution in [-0.4, -0.2) is 132 Å². The Kier molecular flexibility index (Phi) is 12.9. The second kappa shape index (κ2) is 19.5. The number of hydrogen-bond donors (Lipinski definition) is 4. The van der Waals surface area contributed by atoms with Gasteiger partial charge in [0.05, 0.1) is 35.8 Å². The molecule has 70 heavy (non-hydrogen) atoms. The molecule has 0 spiro atoms. The Morgan fingerprint density at radius 1 is 0.786 bits per heavy atom. The standard InChI is InChI=1S/C51H53FN10O8/c1-69-43-27-37-39(54-17-12-42(37)70-36-8-6-34(7-9-36)57-50(68)51(15-16-51)49(67)56-33-4-2-32(52)3-5-33)28-41(43)61-19-13-31(14-20-61)30-60-24-22-59(23-25-60)21-18-53-35-26-38-45(55-29-35)48(66)62(47(38)65)40-10-11-44(63)58-46(40)64/h2-9,12,17,26-29,31,40,53H,10-11,13-16,18-25,30H2,1H3,(H,56,67)(H,57,68)(H,58,63,64). The van der Waals surface area contributed by atoms with Gasteiger partial charge in [-0.3, -0.25) is 48.9 Å². The minimum atomic E-state index is -1.17. The molecule has 1 saturated carbocycles. The van der Waals surface area contributed by atoms with Crippen LogP contribution in [0.4, 0.5) is 27.1 Å². The van der Waals surface area contributed by atoms with Gasteiger partial charge >= 0.3 is 0 Å². The first-order chi connectivity index (χ1) is 33.9. The summed E-state index contributed by atoms with van der Waals surface area (Å²) in [5.74, 6) is -1.04. The molecule has 362 valence electrons. The van der Waals surface area contributed by atoms with Crippen LogP contribution in [-0.2, 0) is 19.2 Å². The number of ether oxygens (including phenoxy) is 2. The fourth-order valence-electron chi connectivity index (χ4n) is 9.80. The molecule has 0 radical (unpaired) electrons. The van der Waals surface area contributed by atoms with Gasteiger partial charge in [0, 0.05) is 88.3 Å². The molecule has 5 aliphatic rings. The van der Waals surface area contributed by atoms with Crippen LogP contribution in [0.5, 0.6) is 17.2 Å². The molecule has 6 heterocycles. The number of benzene rings is 3. The largest absolute Gasteiger partial charge is 0.495 e. The quantitative estimate of drug-likeness (QED) is 0.0779. The number of piperazine rings is 1. The number of methoxy groups -OCH3 is 1.